The van der Waals surface area contributed by atoms with Crippen LogP contribution in [0.15, 0.2) is 55.9 Å². The molecule has 2 rings (SSSR count). The molecule has 0 fully saturated rings. The van der Waals surface area contributed by atoms with E-state index in [1.54, 1.807) is 6.07 Å². The highest BCUT2D eigenvalue weighted by Gasteiger charge is 2.11. The van der Waals surface area contributed by atoms with Crippen molar-refractivity contribution >= 4 is 45.1 Å². The van der Waals surface area contributed by atoms with Gasteiger partial charge in [-0.15, -0.1) is 0 Å². The molecular formula is C12H9BrClN3OS. The minimum absolute atomic E-state index is 0.0451. The van der Waals surface area contributed by atoms with Crippen LogP contribution in [-0.4, -0.2) is 16.0 Å². The van der Waals surface area contributed by atoms with Crippen LogP contribution in [0.1, 0.15) is 5.69 Å². The van der Waals surface area contributed by atoms with E-state index in [-0.39, 0.29) is 5.84 Å². The second-order valence-corrected chi connectivity index (χ2v) is 6.01. The van der Waals surface area contributed by atoms with Gasteiger partial charge in [0.1, 0.15) is 5.69 Å². The Labute approximate surface area is 127 Å². The quantitative estimate of drug-likeness (QED) is 0.379. The van der Waals surface area contributed by atoms with Gasteiger partial charge in [0.05, 0.1) is 5.02 Å². The van der Waals surface area contributed by atoms with Gasteiger partial charge in [0.2, 0.25) is 0 Å². The van der Waals surface area contributed by atoms with Crippen LogP contribution in [0.25, 0.3) is 0 Å². The van der Waals surface area contributed by atoms with Crippen LogP contribution in [0.3, 0.4) is 0 Å². The van der Waals surface area contributed by atoms with Crippen LogP contribution < -0.4 is 5.73 Å². The number of halogens is 2. The highest BCUT2D eigenvalue weighted by atomic mass is 79.9. The minimum atomic E-state index is -0.0451. The van der Waals surface area contributed by atoms with Crippen LogP contribution in [0.2, 0.25) is 5.02 Å². The zero-order valence-corrected chi connectivity index (χ0v) is 12.7. The van der Waals surface area contributed by atoms with Gasteiger partial charge in [-0.25, -0.2) is 0 Å². The third kappa shape index (κ3) is 3.62. The van der Waals surface area contributed by atoms with E-state index in [9.17, 15) is 0 Å². The predicted octanol–water partition coefficient (Wildman–Crippen LogP) is 3.74. The number of pyridine rings is 1. The summed E-state index contributed by atoms with van der Waals surface area (Å²) in [6.07, 6.45) is 1.46. The highest BCUT2D eigenvalue weighted by molar-refractivity contribution is 9.10. The fourth-order valence-electron chi connectivity index (χ4n) is 1.37. The number of hydrogen-bond acceptors (Lipinski definition) is 4. The van der Waals surface area contributed by atoms with Gasteiger partial charge >= 0.3 is 0 Å². The Morgan fingerprint density at radius 2 is 2.05 bits per heavy atom. The number of oxime groups is 1. The van der Waals surface area contributed by atoms with Crippen molar-refractivity contribution in [2.75, 3.05) is 0 Å². The van der Waals surface area contributed by atoms with Crippen molar-refractivity contribution in [2.24, 2.45) is 10.9 Å². The summed E-state index contributed by atoms with van der Waals surface area (Å²) in [5.41, 5.74) is 6.00. The molecule has 0 aliphatic rings. The number of benzene rings is 1. The third-order valence-corrected chi connectivity index (χ3v) is 3.99. The van der Waals surface area contributed by atoms with Crippen LogP contribution >= 0.6 is 39.3 Å². The summed E-state index contributed by atoms with van der Waals surface area (Å²) >= 11 is 10.7. The molecule has 0 amide bonds. The van der Waals surface area contributed by atoms with Crippen molar-refractivity contribution in [2.45, 2.75) is 9.79 Å². The topological polar surface area (TPSA) is 71.5 Å². The van der Waals surface area contributed by atoms with Crippen molar-refractivity contribution in [3.63, 3.8) is 0 Å². The summed E-state index contributed by atoms with van der Waals surface area (Å²) < 4.78 is 0.998. The summed E-state index contributed by atoms with van der Waals surface area (Å²) in [6, 6.07) is 9.50. The number of hydrogen-bond donors (Lipinski definition) is 2. The van der Waals surface area contributed by atoms with Gasteiger partial charge in [0, 0.05) is 20.5 Å². The maximum Gasteiger partial charge on any atom is 0.189 e. The van der Waals surface area contributed by atoms with Crippen molar-refractivity contribution < 1.29 is 5.21 Å². The van der Waals surface area contributed by atoms with E-state index < -0.39 is 0 Å². The lowest BCUT2D eigenvalue weighted by molar-refractivity contribution is 0.318. The van der Waals surface area contributed by atoms with E-state index in [0.717, 1.165) is 14.3 Å². The summed E-state index contributed by atoms with van der Waals surface area (Å²) in [4.78, 5) is 5.81. The van der Waals surface area contributed by atoms with E-state index in [1.165, 1.54) is 18.0 Å². The Balaban J connectivity index is 2.38. The molecule has 19 heavy (non-hydrogen) atoms. The SMILES string of the molecule is N/C(=N\O)c1ncc(Cl)cc1Sc1ccc(Br)cc1. The van der Waals surface area contributed by atoms with Crippen LogP contribution in [0, 0.1) is 0 Å². The molecule has 3 N–H and O–H groups in total. The number of rotatable bonds is 3. The predicted molar refractivity (Wildman–Crippen MR) is 80.0 cm³/mol. The summed E-state index contributed by atoms with van der Waals surface area (Å²) in [5.74, 6) is -0.0451. The lowest BCUT2D eigenvalue weighted by Gasteiger charge is -2.07. The van der Waals surface area contributed by atoms with Gasteiger partial charge in [-0.3, -0.25) is 4.98 Å². The Hall–Kier alpha value is -1.24. The molecule has 1 heterocycles. The third-order valence-electron chi connectivity index (χ3n) is 2.21. The molecule has 2 aromatic rings. The molecule has 4 nitrogen and oxygen atoms in total. The average molecular weight is 359 g/mol. The Morgan fingerprint density at radius 3 is 2.68 bits per heavy atom. The molecule has 0 atom stereocenters. The van der Waals surface area contributed by atoms with Gasteiger partial charge in [-0.05, 0) is 30.3 Å². The fraction of sp³-hybridized carbons (Fsp3) is 0. The second kappa shape index (κ2) is 6.27. The van der Waals surface area contributed by atoms with E-state index >= 15 is 0 Å². The monoisotopic (exact) mass is 357 g/mol. The van der Waals surface area contributed by atoms with Gasteiger partial charge in [-0.1, -0.05) is 44.4 Å². The molecule has 1 aromatic carbocycles. The molecule has 0 unspecified atom stereocenters. The minimum Gasteiger partial charge on any atom is -0.409 e. The Morgan fingerprint density at radius 1 is 1.37 bits per heavy atom. The van der Waals surface area contributed by atoms with E-state index in [0.29, 0.717) is 10.7 Å². The lowest BCUT2D eigenvalue weighted by atomic mass is 10.3. The van der Waals surface area contributed by atoms with Crippen LogP contribution in [-0.2, 0) is 0 Å². The normalized spacial score (nSPS) is 11.6. The van der Waals surface area contributed by atoms with E-state index in [4.69, 9.17) is 22.5 Å². The van der Waals surface area contributed by atoms with Crippen molar-refractivity contribution in [3.05, 3.63) is 51.7 Å². The Bertz CT molecular complexity index is 619. The van der Waals surface area contributed by atoms with Crippen molar-refractivity contribution in [3.8, 4) is 0 Å². The summed E-state index contributed by atoms with van der Waals surface area (Å²) in [7, 11) is 0. The van der Waals surface area contributed by atoms with Gasteiger partial charge < -0.3 is 10.9 Å². The number of amidine groups is 1. The van der Waals surface area contributed by atoms with Crippen LogP contribution in [0.4, 0.5) is 0 Å². The Kier molecular flexibility index (Phi) is 4.68. The standard InChI is InChI=1S/C12H9BrClN3OS/c13-7-1-3-9(4-2-7)19-10-5-8(14)6-16-11(10)12(15)17-18/h1-6,18H,(H2,15,17). The fourth-order valence-corrected chi connectivity index (χ4v) is 2.82. The average Bonchev–Trinajstić information content (AvgIpc) is 2.41. The first-order valence-corrected chi connectivity index (χ1v) is 7.16. The van der Waals surface area contributed by atoms with Crippen molar-refractivity contribution in [1.29, 1.82) is 0 Å². The molecule has 0 aliphatic carbocycles. The zero-order chi connectivity index (χ0) is 13.8. The molecule has 1 aromatic heterocycles. The molecule has 7 heteroatoms. The zero-order valence-electron chi connectivity index (χ0n) is 9.55. The molecule has 98 valence electrons. The maximum atomic E-state index is 8.76. The van der Waals surface area contributed by atoms with Crippen LogP contribution in [0.5, 0.6) is 0 Å². The van der Waals surface area contributed by atoms with E-state index in [1.807, 2.05) is 24.3 Å². The first kappa shape index (κ1) is 14.2. The molecule has 0 saturated carbocycles. The van der Waals surface area contributed by atoms with Gasteiger partial charge in [0.25, 0.3) is 0 Å². The smallest absolute Gasteiger partial charge is 0.189 e. The summed E-state index contributed by atoms with van der Waals surface area (Å²) in [6.45, 7) is 0. The molecular weight excluding hydrogens is 350 g/mol. The molecule has 0 radical (unpaired) electrons. The molecule has 0 saturated heterocycles. The number of nitrogens with two attached hydrogens (primary N) is 1. The maximum absolute atomic E-state index is 8.76. The van der Waals surface area contributed by atoms with Crippen molar-refractivity contribution in [1.82, 2.24) is 4.98 Å². The molecule has 0 spiro atoms. The number of aromatic nitrogens is 1. The second-order valence-electron chi connectivity index (χ2n) is 3.54. The largest absolute Gasteiger partial charge is 0.409 e. The molecule has 0 aliphatic heterocycles. The first-order chi connectivity index (χ1) is 9.10. The van der Waals surface area contributed by atoms with Gasteiger partial charge in [-0.2, -0.15) is 0 Å². The first-order valence-electron chi connectivity index (χ1n) is 5.17. The lowest BCUT2D eigenvalue weighted by Crippen LogP contribution is -2.16. The highest BCUT2D eigenvalue weighted by Crippen LogP contribution is 2.32. The van der Waals surface area contributed by atoms with Gasteiger partial charge in [0.15, 0.2) is 5.84 Å². The number of nitrogens with zero attached hydrogens (tertiary/aromatic N) is 2. The summed E-state index contributed by atoms with van der Waals surface area (Å²) in [5, 5.41) is 12.2. The van der Waals surface area contributed by atoms with E-state index in [2.05, 4.69) is 26.1 Å². The molecule has 0 bridgehead atoms.